The summed E-state index contributed by atoms with van der Waals surface area (Å²) < 4.78 is 0. The zero-order valence-corrected chi connectivity index (χ0v) is 31.8. The van der Waals surface area contributed by atoms with Crippen LogP contribution in [0, 0.1) is 23.7 Å². The monoisotopic (exact) mass is 701 g/mol. The van der Waals surface area contributed by atoms with Crippen LogP contribution in [0.5, 0.6) is 0 Å². The van der Waals surface area contributed by atoms with Gasteiger partial charge in [0, 0.05) is 24.2 Å². The molecule has 292 valence electrons. The van der Waals surface area contributed by atoms with Crippen molar-refractivity contribution in [2.75, 3.05) is 85.2 Å². The summed E-state index contributed by atoms with van der Waals surface area (Å²) in [5.74, 6) is 3.96. The molecule has 0 aliphatic carbocycles. The summed E-state index contributed by atoms with van der Waals surface area (Å²) in [5, 5.41) is 21.1. The van der Waals surface area contributed by atoms with E-state index in [4.69, 9.17) is 0 Å². The third-order valence-electron chi connectivity index (χ3n) is 13.9. The summed E-state index contributed by atoms with van der Waals surface area (Å²) in [6, 6.07) is 3.45. The quantitative estimate of drug-likeness (QED) is 0.178. The fourth-order valence-corrected chi connectivity index (χ4v) is 10.9. The van der Waals surface area contributed by atoms with Crippen LogP contribution in [0.1, 0.15) is 136 Å². The summed E-state index contributed by atoms with van der Waals surface area (Å²) in [7, 11) is 0. The molecule has 0 aromatic heterocycles. The number of nitrogens with zero attached hydrogens (tertiary/aromatic N) is 2. The molecule has 0 saturated carbocycles. The summed E-state index contributed by atoms with van der Waals surface area (Å²) in [6.45, 7) is 16.5. The van der Waals surface area contributed by atoms with Crippen LogP contribution in [-0.2, 0) is 0 Å². The normalized spacial score (nSPS) is 32.6. The van der Waals surface area contributed by atoms with Crippen LogP contribution in [-0.4, -0.2) is 119 Å². The van der Waals surface area contributed by atoms with Crippen molar-refractivity contribution in [3.63, 3.8) is 0 Å². The number of hydrogen-bond acceptors (Lipinski definition) is 8. The molecule has 4 atom stereocenters. The lowest BCUT2D eigenvalue weighted by Crippen LogP contribution is -2.46. The van der Waals surface area contributed by atoms with Crippen molar-refractivity contribution in [3.8, 4) is 0 Å². The van der Waals surface area contributed by atoms with Crippen LogP contribution in [0.2, 0.25) is 0 Å². The first-order valence-electron chi connectivity index (χ1n) is 22.1. The average Bonchev–Trinajstić information content (AvgIpc) is 4.00. The second-order valence-corrected chi connectivity index (χ2v) is 17.7. The first-order valence-corrected chi connectivity index (χ1v) is 22.1. The Labute approximate surface area is 309 Å². The Kier molecular flexibility index (Phi) is 19.2. The maximum atomic E-state index is 3.58. The molecule has 8 rings (SSSR count). The second-order valence-electron chi connectivity index (χ2n) is 17.7. The molecule has 0 aromatic rings. The molecule has 8 saturated heterocycles. The van der Waals surface area contributed by atoms with Crippen LogP contribution >= 0.6 is 0 Å². The standard InChI is InChI=1S/C21H40N4.2C10H20N2.CH4/c1-2-14-24(13-1)17-25-20(15-18-5-9-22-10-6-18)3-4-21(25)16-19-7-11-23-12-8-19;2*1-2-10(12-5-1)8-9-3-6-11-7-4-9;/h18-23H,1-17H2;2*9-12H,1-8H2;1H4. The van der Waals surface area contributed by atoms with Crippen molar-refractivity contribution < 1.29 is 0 Å². The second kappa shape index (κ2) is 23.5. The molecule has 0 radical (unpaired) electrons. The Morgan fingerprint density at radius 3 is 1.08 bits per heavy atom. The number of nitrogens with one attached hydrogen (secondary N) is 6. The van der Waals surface area contributed by atoms with Gasteiger partial charge in [-0.1, -0.05) is 7.43 Å². The summed E-state index contributed by atoms with van der Waals surface area (Å²) in [6.07, 6.45) is 28.5. The van der Waals surface area contributed by atoms with Gasteiger partial charge in [0.25, 0.3) is 0 Å². The van der Waals surface area contributed by atoms with Gasteiger partial charge in [-0.2, -0.15) is 0 Å². The lowest BCUT2D eigenvalue weighted by molar-refractivity contribution is 0.0760. The van der Waals surface area contributed by atoms with Gasteiger partial charge in [0.1, 0.15) is 0 Å². The SMILES string of the molecule is C.C1CCN(CN2C(CC3CCNCC3)CCC2CC2CCNCC2)C1.C1CNC(CC2CCNCC2)C1.C1CNC(CC2CCNCC2)C1. The van der Waals surface area contributed by atoms with E-state index in [0.29, 0.717) is 0 Å². The Morgan fingerprint density at radius 2 is 0.740 bits per heavy atom. The van der Waals surface area contributed by atoms with E-state index in [0.717, 1.165) is 47.8 Å². The Hall–Kier alpha value is -0.320. The predicted molar refractivity (Wildman–Crippen MR) is 214 cm³/mol. The first-order chi connectivity index (χ1) is 24.3. The minimum absolute atomic E-state index is 0. The molecule has 0 amide bonds. The van der Waals surface area contributed by atoms with E-state index in [1.807, 2.05) is 0 Å². The molecule has 6 N–H and O–H groups in total. The van der Waals surface area contributed by atoms with Crippen LogP contribution in [0.3, 0.4) is 0 Å². The van der Waals surface area contributed by atoms with Crippen LogP contribution < -0.4 is 31.9 Å². The van der Waals surface area contributed by atoms with E-state index in [2.05, 4.69) is 41.7 Å². The van der Waals surface area contributed by atoms with Crippen LogP contribution in [0.4, 0.5) is 0 Å². The molecular weight excluding hydrogens is 617 g/mol. The van der Waals surface area contributed by atoms with Gasteiger partial charge in [-0.05, 0) is 231 Å². The molecule has 50 heavy (non-hydrogen) atoms. The maximum Gasteiger partial charge on any atom is 0.0511 e. The summed E-state index contributed by atoms with van der Waals surface area (Å²) in [4.78, 5) is 5.73. The van der Waals surface area contributed by atoms with Crippen LogP contribution in [0.25, 0.3) is 0 Å². The number of likely N-dealkylation sites (tertiary alicyclic amines) is 2. The smallest absolute Gasteiger partial charge is 0.0511 e. The van der Waals surface area contributed by atoms with Crippen molar-refractivity contribution in [2.45, 2.75) is 160 Å². The molecule has 0 spiro atoms. The van der Waals surface area contributed by atoms with E-state index >= 15 is 0 Å². The molecule has 8 heteroatoms. The van der Waals surface area contributed by atoms with Crippen molar-refractivity contribution in [1.29, 1.82) is 0 Å². The zero-order chi connectivity index (χ0) is 33.4. The summed E-state index contributed by atoms with van der Waals surface area (Å²) in [5.41, 5.74) is 0. The molecule has 4 unspecified atom stereocenters. The van der Waals surface area contributed by atoms with Gasteiger partial charge in [0.05, 0.1) is 6.67 Å². The molecule has 0 aromatic carbocycles. The third kappa shape index (κ3) is 14.2. The lowest BCUT2D eigenvalue weighted by atomic mass is 9.90. The highest BCUT2D eigenvalue weighted by Gasteiger charge is 2.37. The van der Waals surface area contributed by atoms with Gasteiger partial charge in [-0.3, -0.25) is 9.80 Å². The van der Waals surface area contributed by atoms with E-state index in [-0.39, 0.29) is 7.43 Å². The highest BCUT2D eigenvalue weighted by molar-refractivity contribution is 4.92. The van der Waals surface area contributed by atoms with E-state index < -0.39 is 0 Å². The lowest BCUT2D eigenvalue weighted by Gasteiger charge is -2.37. The highest BCUT2D eigenvalue weighted by atomic mass is 15.4. The van der Waals surface area contributed by atoms with Crippen molar-refractivity contribution >= 4 is 0 Å². The van der Waals surface area contributed by atoms with Gasteiger partial charge in [-0.15, -0.1) is 0 Å². The molecule has 8 aliphatic heterocycles. The van der Waals surface area contributed by atoms with Gasteiger partial charge in [0.15, 0.2) is 0 Å². The fourth-order valence-electron chi connectivity index (χ4n) is 10.9. The molecule has 8 heterocycles. The van der Waals surface area contributed by atoms with E-state index in [1.54, 1.807) is 0 Å². The Balaban J connectivity index is 0.000000162. The van der Waals surface area contributed by atoms with Gasteiger partial charge in [0.2, 0.25) is 0 Å². The predicted octanol–water partition coefficient (Wildman–Crippen LogP) is 5.54. The number of hydrogen-bond donors (Lipinski definition) is 6. The largest absolute Gasteiger partial charge is 0.317 e. The fraction of sp³-hybridized carbons (Fsp3) is 1.00. The number of piperidine rings is 4. The molecular formula is C42H84N8. The maximum absolute atomic E-state index is 3.58. The molecule has 8 nitrogen and oxygen atoms in total. The van der Waals surface area contributed by atoms with Gasteiger partial charge < -0.3 is 31.9 Å². The minimum Gasteiger partial charge on any atom is -0.317 e. The zero-order valence-electron chi connectivity index (χ0n) is 31.8. The van der Waals surface area contributed by atoms with Crippen molar-refractivity contribution in [2.24, 2.45) is 23.7 Å². The molecule has 8 aliphatic rings. The van der Waals surface area contributed by atoms with E-state index in [9.17, 15) is 0 Å². The van der Waals surface area contributed by atoms with Gasteiger partial charge in [-0.25, -0.2) is 0 Å². The molecule has 0 bridgehead atoms. The Morgan fingerprint density at radius 1 is 0.380 bits per heavy atom. The van der Waals surface area contributed by atoms with Crippen molar-refractivity contribution in [3.05, 3.63) is 0 Å². The van der Waals surface area contributed by atoms with E-state index in [1.165, 1.54) is 214 Å². The third-order valence-corrected chi connectivity index (χ3v) is 13.9. The van der Waals surface area contributed by atoms with Gasteiger partial charge >= 0.3 is 0 Å². The molecule has 8 fully saturated rings. The Bertz CT molecular complexity index is 773. The minimum atomic E-state index is 0. The number of rotatable bonds is 10. The van der Waals surface area contributed by atoms with Crippen molar-refractivity contribution in [1.82, 2.24) is 41.7 Å². The average molecular weight is 701 g/mol. The topological polar surface area (TPSA) is 78.7 Å². The van der Waals surface area contributed by atoms with Crippen LogP contribution in [0.15, 0.2) is 0 Å². The summed E-state index contributed by atoms with van der Waals surface area (Å²) >= 11 is 0. The first kappa shape index (κ1) is 40.9. The highest BCUT2D eigenvalue weighted by Crippen LogP contribution is 2.36.